The van der Waals surface area contributed by atoms with Gasteiger partial charge in [0.05, 0.1) is 11.2 Å². The molecule has 1 fully saturated rings. The molecule has 4 heteroatoms. The number of hydrogen-bond donors (Lipinski definition) is 0. The van der Waals surface area contributed by atoms with E-state index in [-0.39, 0.29) is 18.3 Å². The average Bonchev–Trinajstić information content (AvgIpc) is 2.68. The van der Waals surface area contributed by atoms with Crippen LogP contribution in [0.1, 0.15) is 38.8 Å². The third-order valence-electron chi connectivity index (χ3n) is 5.48. The molecule has 1 saturated heterocycles. The molecule has 2 aliphatic heterocycles. The second-order valence-electron chi connectivity index (χ2n) is 7.63. The van der Waals surface area contributed by atoms with E-state index < -0.39 is 0 Å². The Morgan fingerprint density at radius 2 is 1.46 bits per heavy atom. The highest BCUT2D eigenvalue weighted by molar-refractivity contribution is 7.99. The fourth-order valence-corrected chi connectivity index (χ4v) is 4.52. The van der Waals surface area contributed by atoms with Crippen LogP contribution in [0.5, 0.6) is 0 Å². The summed E-state index contributed by atoms with van der Waals surface area (Å²) >= 11 is 1.86. The Hall–Kier alpha value is -1.23. The lowest BCUT2D eigenvalue weighted by Crippen LogP contribution is -2.41. The standard InChI is InChI=1S/C20H23BO2S/c1-19(2)20(3,4)23-21(22-19)16-10-7-9-15-13-12-14-8-5-6-11-17(14)24-18(15)16/h5-11H,12-13H2,1-4H3. The summed E-state index contributed by atoms with van der Waals surface area (Å²) in [6, 6.07) is 15.2. The lowest BCUT2D eigenvalue weighted by Gasteiger charge is -2.32. The lowest BCUT2D eigenvalue weighted by molar-refractivity contribution is 0.00578. The highest BCUT2D eigenvalue weighted by Gasteiger charge is 2.52. The molecule has 0 aromatic heterocycles. The minimum Gasteiger partial charge on any atom is -0.399 e. The number of rotatable bonds is 1. The summed E-state index contributed by atoms with van der Waals surface area (Å²) in [6.45, 7) is 8.43. The third-order valence-corrected chi connectivity index (χ3v) is 6.80. The van der Waals surface area contributed by atoms with Gasteiger partial charge in [-0.3, -0.25) is 0 Å². The van der Waals surface area contributed by atoms with E-state index in [0.29, 0.717) is 0 Å². The number of hydrogen-bond acceptors (Lipinski definition) is 3. The van der Waals surface area contributed by atoms with Crippen LogP contribution in [-0.4, -0.2) is 18.3 Å². The molecule has 0 atom stereocenters. The Balaban J connectivity index is 1.76. The van der Waals surface area contributed by atoms with Crippen LogP contribution in [0.3, 0.4) is 0 Å². The molecule has 2 aromatic rings. The van der Waals surface area contributed by atoms with Gasteiger partial charge in [-0.15, -0.1) is 0 Å². The summed E-state index contributed by atoms with van der Waals surface area (Å²) in [5.74, 6) is 0. The predicted molar refractivity (Wildman–Crippen MR) is 100 cm³/mol. The van der Waals surface area contributed by atoms with Gasteiger partial charge < -0.3 is 9.31 Å². The zero-order valence-electron chi connectivity index (χ0n) is 14.8. The molecule has 0 unspecified atom stereocenters. The fraction of sp³-hybridized carbons (Fsp3) is 0.400. The second-order valence-corrected chi connectivity index (χ2v) is 8.69. The first-order chi connectivity index (χ1) is 11.4. The Labute approximate surface area is 149 Å². The molecule has 2 heterocycles. The second kappa shape index (κ2) is 5.65. The van der Waals surface area contributed by atoms with E-state index in [1.807, 2.05) is 11.8 Å². The van der Waals surface area contributed by atoms with Crippen molar-refractivity contribution in [3.05, 3.63) is 53.6 Å². The Morgan fingerprint density at radius 3 is 2.21 bits per heavy atom. The van der Waals surface area contributed by atoms with Gasteiger partial charge in [-0.1, -0.05) is 48.2 Å². The van der Waals surface area contributed by atoms with E-state index in [9.17, 15) is 0 Å². The van der Waals surface area contributed by atoms with Crippen molar-refractivity contribution in [2.45, 2.75) is 61.5 Å². The number of aryl methyl sites for hydroxylation is 2. The first-order valence-electron chi connectivity index (χ1n) is 8.61. The van der Waals surface area contributed by atoms with Gasteiger partial charge in [0.1, 0.15) is 0 Å². The molecule has 0 aliphatic carbocycles. The maximum atomic E-state index is 6.31. The summed E-state index contributed by atoms with van der Waals surface area (Å²) in [6.07, 6.45) is 2.15. The van der Waals surface area contributed by atoms with Crippen LogP contribution in [0.2, 0.25) is 0 Å². The monoisotopic (exact) mass is 338 g/mol. The summed E-state index contributed by atoms with van der Waals surface area (Å²) < 4.78 is 12.6. The zero-order valence-corrected chi connectivity index (χ0v) is 15.6. The minimum absolute atomic E-state index is 0.303. The number of benzene rings is 2. The van der Waals surface area contributed by atoms with Crippen LogP contribution in [0.4, 0.5) is 0 Å². The van der Waals surface area contributed by atoms with Crippen molar-refractivity contribution in [1.29, 1.82) is 0 Å². The van der Waals surface area contributed by atoms with Crippen molar-refractivity contribution >= 4 is 24.3 Å². The quantitative estimate of drug-likeness (QED) is 0.725. The average molecular weight is 338 g/mol. The van der Waals surface area contributed by atoms with Gasteiger partial charge in [0, 0.05) is 9.79 Å². The van der Waals surface area contributed by atoms with Gasteiger partial charge in [0.2, 0.25) is 0 Å². The molecule has 2 aliphatic rings. The van der Waals surface area contributed by atoms with Gasteiger partial charge in [-0.2, -0.15) is 0 Å². The Bertz CT molecular complexity index is 769. The maximum Gasteiger partial charge on any atom is 0.496 e. The molecule has 0 spiro atoms. The molecule has 0 amide bonds. The van der Waals surface area contributed by atoms with Crippen LogP contribution in [0, 0.1) is 0 Å². The first kappa shape index (κ1) is 16.3. The Kier molecular flexibility index (Phi) is 3.83. The summed E-state index contributed by atoms with van der Waals surface area (Å²) in [5.41, 5.74) is 3.36. The molecule has 2 aromatic carbocycles. The van der Waals surface area contributed by atoms with E-state index in [4.69, 9.17) is 9.31 Å². The molecular formula is C20H23BO2S. The van der Waals surface area contributed by atoms with Crippen LogP contribution in [-0.2, 0) is 22.2 Å². The lowest BCUT2D eigenvalue weighted by atomic mass is 9.78. The van der Waals surface area contributed by atoms with Crippen molar-refractivity contribution < 1.29 is 9.31 Å². The smallest absolute Gasteiger partial charge is 0.399 e. The van der Waals surface area contributed by atoms with Crippen molar-refractivity contribution in [3.8, 4) is 0 Å². The topological polar surface area (TPSA) is 18.5 Å². The van der Waals surface area contributed by atoms with Gasteiger partial charge in [0.25, 0.3) is 0 Å². The summed E-state index contributed by atoms with van der Waals surface area (Å²) in [7, 11) is -0.303. The zero-order chi connectivity index (χ0) is 16.9. The largest absolute Gasteiger partial charge is 0.496 e. The first-order valence-corrected chi connectivity index (χ1v) is 9.42. The summed E-state index contributed by atoms with van der Waals surface area (Å²) in [4.78, 5) is 2.65. The van der Waals surface area contributed by atoms with Crippen molar-refractivity contribution in [1.82, 2.24) is 0 Å². The molecule has 2 nitrogen and oxygen atoms in total. The molecule has 0 saturated carbocycles. The van der Waals surface area contributed by atoms with Crippen molar-refractivity contribution in [3.63, 3.8) is 0 Å². The van der Waals surface area contributed by atoms with Crippen LogP contribution < -0.4 is 5.46 Å². The minimum atomic E-state index is -0.312. The van der Waals surface area contributed by atoms with Crippen LogP contribution >= 0.6 is 11.8 Å². The van der Waals surface area contributed by atoms with E-state index >= 15 is 0 Å². The maximum absolute atomic E-state index is 6.31. The van der Waals surface area contributed by atoms with Gasteiger partial charge >= 0.3 is 7.12 Å². The fourth-order valence-electron chi connectivity index (χ4n) is 3.27. The molecule has 4 rings (SSSR count). The van der Waals surface area contributed by atoms with Gasteiger partial charge in [-0.05, 0) is 63.2 Å². The molecule has 24 heavy (non-hydrogen) atoms. The van der Waals surface area contributed by atoms with Crippen LogP contribution in [0.25, 0.3) is 0 Å². The predicted octanol–water partition coefficient (Wildman–Crippen LogP) is 4.24. The molecule has 0 radical (unpaired) electrons. The summed E-state index contributed by atoms with van der Waals surface area (Å²) in [5, 5.41) is 0. The molecule has 0 N–H and O–H groups in total. The number of fused-ring (bicyclic) bond motifs is 2. The highest BCUT2D eigenvalue weighted by atomic mass is 32.2. The Morgan fingerprint density at radius 1 is 0.833 bits per heavy atom. The highest BCUT2D eigenvalue weighted by Crippen LogP contribution is 2.40. The van der Waals surface area contributed by atoms with E-state index in [1.54, 1.807) is 0 Å². The normalized spacial score (nSPS) is 21.1. The third kappa shape index (κ3) is 2.61. The van der Waals surface area contributed by atoms with Crippen molar-refractivity contribution in [2.24, 2.45) is 0 Å². The van der Waals surface area contributed by atoms with Gasteiger partial charge in [-0.25, -0.2) is 0 Å². The molecule has 124 valence electrons. The molecule has 0 bridgehead atoms. The van der Waals surface area contributed by atoms with Crippen LogP contribution in [0.15, 0.2) is 52.3 Å². The van der Waals surface area contributed by atoms with Gasteiger partial charge in [0.15, 0.2) is 0 Å². The van der Waals surface area contributed by atoms with E-state index in [0.717, 1.165) is 18.3 Å². The van der Waals surface area contributed by atoms with E-state index in [1.165, 1.54) is 20.9 Å². The van der Waals surface area contributed by atoms with Crippen molar-refractivity contribution in [2.75, 3.05) is 0 Å². The SMILES string of the molecule is CC1(C)OB(c2cccc3c2Sc2ccccc2CC3)OC1(C)C. The van der Waals surface area contributed by atoms with E-state index in [2.05, 4.69) is 70.2 Å². The molecular weight excluding hydrogens is 315 g/mol.